The van der Waals surface area contributed by atoms with Crippen LogP contribution in [0.25, 0.3) is 11.6 Å². The smallest absolute Gasteiger partial charge is 0.318 e. The van der Waals surface area contributed by atoms with Crippen molar-refractivity contribution in [1.29, 1.82) is 5.26 Å². The molecule has 0 aliphatic carbocycles. The molecule has 0 unspecified atom stereocenters. The molecule has 0 spiro atoms. The molecule has 0 saturated carbocycles. The SMILES string of the molecule is CCOc1cc(/C=C(\C#N)c2ccc(OC)c(OC)c2)cc(Br)c1Oc1ccc([N+](=O)[O-])cc1[N+](=O)[O-]. The molecule has 190 valence electrons. The third-order valence-corrected chi connectivity index (χ3v) is 5.61. The summed E-state index contributed by atoms with van der Waals surface area (Å²) in [6.07, 6.45) is 1.63. The molecule has 3 aromatic carbocycles. The second-order valence-electron chi connectivity index (χ2n) is 7.27. The van der Waals surface area contributed by atoms with Gasteiger partial charge in [-0.25, -0.2) is 0 Å². The zero-order valence-electron chi connectivity index (χ0n) is 19.9. The first kappa shape index (κ1) is 27.0. The molecule has 0 fully saturated rings. The molecule has 0 aliphatic rings. The van der Waals surface area contributed by atoms with Gasteiger partial charge in [0, 0.05) is 6.07 Å². The number of halogens is 1. The second kappa shape index (κ2) is 11.9. The number of nitriles is 1. The van der Waals surface area contributed by atoms with Gasteiger partial charge in [0.25, 0.3) is 5.69 Å². The number of methoxy groups -OCH3 is 2. The summed E-state index contributed by atoms with van der Waals surface area (Å²) in [6.45, 7) is 2.00. The average molecular weight is 570 g/mol. The van der Waals surface area contributed by atoms with Crippen LogP contribution in [0.15, 0.2) is 53.0 Å². The van der Waals surface area contributed by atoms with Crippen molar-refractivity contribution < 1.29 is 28.8 Å². The van der Waals surface area contributed by atoms with Gasteiger partial charge in [-0.1, -0.05) is 0 Å². The maximum absolute atomic E-state index is 11.5. The standard InChI is InChI=1S/C25H20BrN3O8/c1-4-36-24-11-15(9-17(14-27)16-5-7-22(34-2)23(12-16)35-3)10-19(26)25(24)37-21-8-6-18(28(30)31)13-20(21)29(32)33/h5-13H,4H2,1-3H3/b17-9+. The van der Waals surface area contributed by atoms with E-state index >= 15 is 0 Å². The van der Waals surface area contributed by atoms with Gasteiger partial charge in [0.05, 0.1) is 52.9 Å². The molecule has 37 heavy (non-hydrogen) atoms. The first-order valence-corrected chi connectivity index (χ1v) is 11.4. The zero-order chi connectivity index (χ0) is 27.1. The van der Waals surface area contributed by atoms with Crippen molar-refractivity contribution in [1.82, 2.24) is 0 Å². The number of hydrogen-bond acceptors (Lipinski definition) is 9. The Kier molecular flexibility index (Phi) is 8.65. The van der Waals surface area contributed by atoms with E-state index in [1.165, 1.54) is 14.2 Å². The lowest BCUT2D eigenvalue weighted by Crippen LogP contribution is -1.99. The van der Waals surface area contributed by atoms with E-state index < -0.39 is 21.2 Å². The minimum absolute atomic E-state index is 0.126. The summed E-state index contributed by atoms with van der Waals surface area (Å²) in [5.41, 5.74) is 0.480. The second-order valence-corrected chi connectivity index (χ2v) is 8.13. The highest BCUT2D eigenvalue weighted by molar-refractivity contribution is 9.10. The lowest BCUT2D eigenvalue weighted by Gasteiger charge is -2.15. The van der Waals surface area contributed by atoms with Crippen LogP contribution >= 0.6 is 15.9 Å². The molecule has 0 N–H and O–H groups in total. The maximum Gasteiger partial charge on any atom is 0.318 e. The summed E-state index contributed by atoms with van der Waals surface area (Å²) in [4.78, 5) is 21.0. The monoisotopic (exact) mass is 569 g/mol. The van der Waals surface area contributed by atoms with Crippen LogP contribution in [0.4, 0.5) is 11.4 Å². The molecule has 0 aliphatic heterocycles. The first-order chi connectivity index (χ1) is 17.7. The van der Waals surface area contributed by atoms with Crippen LogP contribution in [-0.2, 0) is 0 Å². The number of non-ortho nitro benzene ring substituents is 1. The van der Waals surface area contributed by atoms with E-state index in [1.54, 1.807) is 43.3 Å². The van der Waals surface area contributed by atoms with Gasteiger partial charge in [-0.15, -0.1) is 0 Å². The quantitative estimate of drug-likeness (QED) is 0.115. The number of nitro benzene ring substituents is 2. The molecule has 0 amide bonds. The predicted octanol–water partition coefficient (Wildman–Crippen LogP) is 6.54. The Morgan fingerprint density at radius 1 is 0.973 bits per heavy atom. The minimum atomic E-state index is -0.768. The van der Waals surface area contributed by atoms with Crippen LogP contribution in [0.2, 0.25) is 0 Å². The van der Waals surface area contributed by atoms with Gasteiger partial charge in [-0.05, 0) is 76.5 Å². The Balaban J connectivity index is 2.06. The predicted molar refractivity (Wildman–Crippen MR) is 138 cm³/mol. The molecule has 3 aromatic rings. The van der Waals surface area contributed by atoms with Gasteiger partial charge in [0.2, 0.25) is 5.75 Å². The minimum Gasteiger partial charge on any atom is -0.493 e. The number of allylic oxidation sites excluding steroid dienone is 1. The third kappa shape index (κ3) is 6.14. The van der Waals surface area contributed by atoms with Crippen molar-refractivity contribution in [2.24, 2.45) is 0 Å². The number of nitrogens with zero attached hydrogens (tertiary/aromatic N) is 3. The van der Waals surface area contributed by atoms with Gasteiger partial charge >= 0.3 is 5.69 Å². The van der Waals surface area contributed by atoms with E-state index in [4.69, 9.17) is 18.9 Å². The molecule has 0 heterocycles. The normalized spacial score (nSPS) is 10.8. The first-order valence-electron chi connectivity index (χ1n) is 10.6. The van der Waals surface area contributed by atoms with E-state index in [1.807, 2.05) is 0 Å². The molecule has 0 bridgehead atoms. The van der Waals surface area contributed by atoms with Crippen molar-refractivity contribution >= 4 is 39.0 Å². The summed E-state index contributed by atoms with van der Waals surface area (Å²) in [5, 5.41) is 32.3. The fraction of sp³-hybridized carbons (Fsp3) is 0.160. The van der Waals surface area contributed by atoms with Crippen molar-refractivity contribution in [2.45, 2.75) is 6.92 Å². The lowest BCUT2D eigenvalue weighted by molar-refractivity contribution is -0.394. The summed E-state index contributed by atoms with van der Waals surface area (Å²) < 4.78 is 22.4. The van der Waals surface area contributed by atoms with Gasteiger partial charge in [0.1, 0.15) is 0 Å². The summed E-state index contributed by atoms with van der Waals surface area (Å²) in [5.74, 6) is 1.14. The molecule has 3 rings (SSSR count). The summed E-state index contributed by atoms with van der Waals surface area (Å²) in [7, 11) is 3.01. The highest BCUT2D eigenvalue weighted by atomic mass is 79.9. The third-order valence-electron chi connectivity index (χ3n) is 5.02. The molecule has 0 radical (unpaired) electrons. The van der Waals surface area contributed by atoms with Gasteiger partial charge in [-0.3, -0.25) is 20.2 Å². The van der Waals surface area contributed by atoms with E-state index in [-0.39, 0.29) is 23.9 Å². The molecule has 0 saturated heterocycles. The number of nitro groups is 2. The summed E-state index contributed by atoms with van der Waals surface area (Å²) in [6, 6.07) is 13.6. The lowest BCUT2D eigenvalue weighted by atomic mass is 10.0. The molecule has 0 atom stereocenters. The number of rotatable bonds is 10. The van der Waals surface area contributed by atoms with E-state index in [2.05, 4.69) is 22.0 Å². The Labute approximate surface area is 219 Å². The molecular formula is C25H20BrN3O8. The van der Waals surface area contributed by atoms with Crippen molar-refractivity contribution in [2.75, 3.05) is 20.8 Å². The van der Waals surface area contributed by atoms with Crippen molar-refractivity contribution in [3.63, 3.8) is 0 Å². The average Bonchev–Trinajstić information content (AvgIpc) is 2.88. The highest BCUT2D eigenvalue weighted by Crippen LogP contribution is 2.43. The molecule has 12 heteroatoms. The fourth-order valence-corrected chi connectivity index (χ4v) is 3.88. The van der Waals surface area contributed by atoms with E-state index in [0.717, 1.165) is 18.2 Å². The van der Waals surface area contributed by atoms with Gasteiger partial charge in [0.15, 0.2) is 23.0 Å². The van der Waals surface area contributed by atoms with Crippen LogP contribution in [0.5, 0.6) is 28.7 Å². The van der Waals surface area contributed by atoms with Crippen LogP contribution in [0.3, 0.4) is 0 Å². The molecular weight excluding hydrogens is 550 g/mol. The fourth-order valence-electron chi connectivity index (χ4n) is 3.34. The van der Waals surface area contributed by atoms with Crippen LogP contribution in [-0.4, -0.2) is 30.7 Å². The Morgan fingerprint density at radius 3 is 2.27 bits per heavy atom. The number of ether oxygens (including phenoxy) is 4. The van der Waals surface area contributed by atoms with E-state index in [9.17, 15) is 25.5 Å². The van der Waals surface area contributed by atoms with Gasteiger partial charge < -0.3 is 18.9 Å². The van der Waals surface area contributed by atoms with Crippen molar-refractivity contribution in [3.05, 3.63) is 84.4 Å². The van der Waals surface area contributed by atoms with Crippen LogP contribution < -0.4 is 18.9 Å². The molecule has 0 aromatic heterocycles. The molecule has 11 nitrogen and oxygen atoms in total. The highest BCUT2D eigenvalue weighted by Gasteiger charge is 2.23. The van der Waals surface area contributed by atoms with E-state index in [0.29, 0.717) is 32.7 Å². The van der Waals surface area contributed by atoms with Crippen molar-refractivity contribution in [3.8, 4) is 34.8 Å². The summed E-state index contributed by atoms with van der Waals surface area (Å²) >= 11 is 3.40. The Bertz CT molecular complexity index is 1430. The van der Waals surface area contributed by atoms with Gasteiger partial charge in [-0.2, -0.15) is 5.26 Å². The maximum atomic E-state index is 11.5. The van der Waals surface area contributed by atoms with Crippen LogP contribution in [0.1, 0.15) is 18.1 Å². The topological polar surface area (TPSA) is 147 Å². The Morgan fingerprint density at radius 2 is 1.68 bits per heavy atom. The number of benzene rings is 3. The number of hydrogen-bond donors (Lipinski definition) is 0. The van der Waals surface area contributed by atoms with Crippen LogP contribution in [0, 0.1) is 31.6 Å². The Hall–Kier alpha value is -4.63. The zero-order valence-corrected chi connectivity index (χ0v) is 21.5. The largest absolute Gasteiger partial charge is 0.493 e.